The van der Waals surface area contributed by atoms with E-state index in [9.17, 15) is 0 Å². The average molecular weight is 287 g/mol. The van der Waals surface area contributed by atoms with Gasteiger partial charge in [-0.3, -0.25) is 0 Å². The van der Waals surface area contributed by atoms with Crippen LogP contribution in [0.4, 0.5) is 0 Å². The molecule has 0 heterocycles. The van der Waals surface area contributed by atoms with Crippen LogP contribution in [0.25, 0.3) is 0 Å². The zero-order chi connectivity index (χ0) is 15.2. The Labute approximate surface area is 125 Å². The number of rotatable bonds is 6. The fourth-order valence-electron chi connectivity index (χ4n) is 2.27. The van der Waals surface area contributed by atoms with Gasteiger partial charge in [-0.05, 0) is 31.2 Å². The van der Waals surface area contributed by atoms with Gasteiger partial charge in [0, 0.05) is 11.1 Å². The van der Waals surface area contributed by atoms with Crippen molar-refractivity contribution in [1.82, 2.24) is 0 Å². The van der Waals surface area contributed by atoms with Crippen LogP contribution < -0.4 is 19.9 Å². The maximum absolute atomic E-state index is 6.43. The first-order chi connectivity index (χ1) is 10.2. The van der Waals surface area contributed by atoms with E-state index in [-0.39, 0.29) is 6.04 Å². The van der Waals surface area contributed by atoms with Crippen molar-refractivity contribution in [2.75, 3.05) is 20.8 Å². The molecule has 0 radical (unpaired) electrons. The summed E-state index contributed by atoms with van der Waals surface area (Å²) in [6, 6.07) is 13.0. The van der Waals surface area contributed by atoms with Gasteiger partial charge >= 0.3 is 0 Å². The summed E-state index contributed by atoms with van der Waals surface area (Å²) in [4.78, 5) is 0. The van der Waals surface area contributed by atoms with Crippen LogP contribution in [0.15, 0.2) is 42.5 Å². The van der Waals surface area contributed by atoms with Crippen LogP contribution in [-0.2, 0) is 0 Å². The predicted molar refractivity (Wildman–Crippen MR) is 83.2 cm³/mol. The van der Waals surface area contributed by atoms with Crippen molar-refractivity contribution in [2.45, 2.75) is 13.0 Å². The van der Waals surface area contributed by atoms with Crippen molar-refractivity contribution in [1.29, 1.82) is 0 Å². The summed E-state index contributed by atoms with van der Waals surface area (Å²) in [5.74, 6) is 2.27. The molecule has 2 aromatic rings. The van der Waals surface area contributed by atoms with Gasteiger partial charge in [-0.15, -0.1) is 0 Å². The van der Waals surface area contributed by atoms with Gasteiger partial charge in [-0.25, -0.2) is 0 Å². The molecule has 4 heteroatoms. The molecule has 0 aliphatic heterocycles. The van der Waals surface area contributed by atoms with E-state index in [0.717, 1.165) is 28.4 Å². The van der Waals surface area contributed by atoms with Crippen molar-refractivity contribution < 1.29 is 14.2 Å². The monoisotopic (exact) mass is 287 g/mol. The first kappa shape index (κ1) is 15.2. The summed E-state index contributed by atoms with van der Waals surface area (Å²) in [5, 5.41) is 0. The summed E-state index contributed by atoms with van der Waals surface area (Å²) in [7, 11) is 3.26. The van der Waals surface area contributed by atoms with Crippen LogP contribution in [-0.4, -0.2) is 20.8 Å². The fraction of sp³-hybridized carbons (Fsp3) is 0.294. The molecule has 0 bridgehead atoms. The van der Waals surface area contributed by atoms with Crippen LogP contribution in [0.3, 0.4) is 0 Å². The number of ether oxygens (including phenoxy) is 3. The second-order valence-electron chi connectivity index (χ2n) is 4.56. The third-order valence-electron chi connectivity index (χ3n) is 3.33. The minimum Gasteiger partial charge on any atom is -0.497 e. The SMILES string of the molecule is CCOc1ccccc1C(N)c1cc(OC)ccc1OC. The van der Waals surface area contributed by atoms with Gasteiger partial charge in [0.05, 0.1) is 26.9 Å². The highest BCUT2D eigenvalue weighted by Gasteiger charge is 2.18. The van der Waals surface area contributed by atoms with E-state index in [2.05, 4.69) is 0 Å². The second-order valence-corrected chi connectivity index (χ2v) is 4.56. The maximum atomic E-state index is 6.43. The molecule has 0 aliphatic rings. The molecule has 0 aliphatic carbocycles. The highest BCUT2D eigenvalue weighted by molar-refractivity contribution is 5.49. The Morgan fingerprint density at radius 3 is 2.38 bits per heavy atom. The number of nitrogens with two attached hydrogens (primary N) is 1. The van der Waals surface area contributed by atoms with Gasteiger partial charge in [-0.2, -0.15) is 0 Å². The Balaban J connectivity index is 2.46. The Kier molecular flexibility index (Phi) is 5.06. The maximum Gasteiger partial charge on any atom is 0.124 e. The highest BCUT2D eigenvalue weighted by atomic mass is 16.5. The molecule has 1 unspecified atom stereocenters. The minimum absolute atomic E-state index is 0.349. The zero-order valence-corrected chi connectivity index (χ0v) is 12.6. The standard InChI is InChI=1S/C17H21NO3/c1-4-21-16-8-6-5-7-13(16)17(18)14-11-12(19-2)9-10-15(14)20-3/h5-11,17H,4,18H2,1-3H3. The van der Waals surface area contributed by atoms with E-state index < -0.39 is 0 Å². The molecule has 0 saturated heterocycles. The molecule has 0 aromatic heterocycles. The first-order valence-corrected chi connectivity index (χ1v) is 6.90. The van der Waals surface area contributed by atoms with E-state index in [0.29, 0.717) is 6.61 Å². The second kappa shape index (κ2) is 6.99. The molecule has 1 atom stereocenters. The first-order valence-electron chi connectivity index (χ1n) is 6.90. The van der Waals surface area contributed by atoms with Crippen LogP contribution in [0.2, 0.25) is 0 Å². The lowest BCUT2D eigenvalue weighted by atomic mass is 9.97. The third kappa shape index (κ3) is 3.28. The Morgan fingerprint density at radius 1 is 0.952 bits per heavy atom. The number of methoxy groups -OCH3 is 2. The van der Waals surface area contributed by atoms with E-state index in [1.54, 1.807) is 14.2 Å². The Morgan fingerprint density at radius 2 is 1.71 bits per heavy atom. The molecule has 0 fully saturated rings. The molecule has 0 spiro atoms. The largest absolute Gasteiger partial charge is 0.497 e. The number of benzene rings is 2. The van der Waals surface area contributed by atoms with Crippen LogP contribution in [0, 0.1) is 0 Å². The molecule has 2 N–H and O–H groups in total. The van der Waals surface area contributed by atoms with Gasteiger partial charge in [0.1, 0.15) is 17.2 Å². The van der Waals surface area contributed by atoms with Gasteiger partial charge < -0.3 is 19.9 Å². The van der Waals surface area contributed by atoms with Crippen molar-refractivity contribution in [2.24, 2.45) is 5.73 Å². The lowest BCUT2D eigenvalue weighted by Gasteiger charge is -2.19. The normalized spacial score (nSPS) is 11.8. The predicted octanol–water partition coefficient (Wildman–Crippen LogP) is 3.15. The molecule has 4 nitrogen and oxygen atoms in total. The third-order valence-corrected chi connectivity index (χ3v) is 3.33. The van der Waals surface area contributed by atoms with Crippen molar-refractivity contribution in [3.63, 3.8) is 0 Å². The topological polar surface area (TPSA) is 53.7 Å². The average Bonchev–Trinajstić information content (AvgIpc) is 2.54. The van der Waals surface area contributed by atoms with Crippen LogP contribution in [0.1, 0.15) is 24.1 Å². The molecular formula is C17H21NO3. The fourth-order valence-corrected chi connectivity index (χ4v) is 2.27. The summed E-state index contributed by atoms with van der Waals surface area (Å²) >= 11 is 0. The summed E-state index contributed by atoms with van der Waals surface area (Å²) in [6.45, 7) is 2.55. The van der Waals surface area contributed by atoms with Crippen molar-refractivity contribution >= 4 is 0 Å². The molecule has 0 amide bonds. The zero-order valence-electron chi connectivity index (χ0n) is 12.6. The van der Waals surface area contributed by atoms with Crippen molar-refractivity contribution in [3.8, 4) is 17.2 Å². The molecular weight excluding hydrogens is 266 g/mol. The Bertz CT molecular complexity index is 598. The molecule has 112 valence electrons. The van der Waals surface area contributed by atoms with E-state index in [4.69, 9.17) is 19.9 Å². The highest BCUT2D eigenvalue weighted by Crippen LogP contribution is 2.35. The minimum atomic E-state index is -0.349. The van der Waals surface area contributed by atoms with E-state index >= 15 is 0 Å². The van der Waals surface area contributed by atoms with E-state index in [1.165, 1.54) is 0 Å². The van der Waals surface area contributed by atoms with Gasteiger partial charge in [-0.1, -0.05) is 18.2 Å². The van der Waals surface area contributed by atoms with E-state index in [1.807, 2.05) is 49.4 Å². The quantitative estimate of drug-likeness (QED) is 0.886. The van der Waals surface area contributed by atoms with Gasteiger partial charge in [0.15, 0.2) is 0 Å². The van der Waals surface area contributed by atoms with Crippen molar-refractivity contribution in [3.05, 3.63) is 53.6 Å². The molecule has 2 rings (SSSR count). The van der Waals surface area contributed by atoms with Crippen LogP contribution in [0.5, 0.6) is 17.2 Å². The molecule has 0 saturated carbocycles. The lowest BCUT2D eigenvalue weighted by molar-refractivity contribution is 0.335. The molecule has 21 heavy (non-hydrogen) atoms. The summed E-state index contributed by atoms with van der Waals surface area (Å²) < 4.78 is 16.3. The number of hydrogen-bond acceptors (Lipinski definition) is 4. The van der Waals surface area contributed by atoms with Crippen LogP contribution >= 0.6 is 0 Å². The summed E-state index contributed by atoms with van der Waals surface area (Å²) in [6.07, 6.45) is 0. The molecule has 2 aromatic carbocycles. The van der Waals surface area contributed by atoms with Gasteiger partial charge in [0.2, 0.25) is 0 Å². The van der Waals surface area contributed by atoms with Gasteiger partial charge in [0.25, 0.3) is 0 Å². The number of hydrogen-bond donors (Lipinski definition) is 1. The Hall–Kier alpha value is -2.20. The number of para-hydroxylation sites is 1. The summed E-state index contributed by atoms with van der Waals surface area (Å²) in [5.41, 5.74) is 8.22. The smallest absolute Gasteiger partial charge is 0.124 e. The lowest BCUT2D eigenvalue weighted by Crippen LogP contribution is -2.14.